The van der Waals surface area contributed by atoms with Crippen LogP contribution in [0.3, 0.4) is 0 Å². The lowest BCUT2D eigenvalue weighted by Crippen LogP contribution is -2.27. The van der Waals surface area contributed by atoms with Crippen LogP contribution < -0.4 is 10.2 Å². The summed E-state index contributed by atoms with van der Waals surface area (Å²) in [5.74, 6) is 0.161. The molecular formula is C14H22N2OS. The molecule has 0 heterocycles. The number of benzene rings is 1. The van der Waals surface area contributed by atoms with Crippen molar-refractivity contribution in [2.24, 2.45) is 5.92 Å². The number of aryl methyl sites for hydroxylation is 1. The van der Waals surface area contributed by atoms with Crippen molar-refractivity contribution in [2.45, 2.75) is 26.0 Å². The molecule has 0 spiro atoms. The number of amides is 1. The first-order valence-electron chi connectivity index (χ1n) is 6.10. The van der Waals surface area contributed by atoms with E-state index in [9.17, 15) is 4.79 Å². The molecule has 0 aliphatic carbocycles. The molecule has 0 aliphatic rings. The number of anilines is 2. The molecule has 1 aromatic rings. The Hall–Kier alpha value is -1.16. The summed E-state index contributed by atoms with van der Waals surface area (Å²) in [4.78, 5) is 14.0. The Morgan fingerprint density at radius 1 is 1.33 bits per heavy atom. The zero-order chi connectivity index (χ0) is 13.9. The Bertz CT molecular complexity index is 430. The zero-order valence-corrected chi connectivity index (χ0v) is 12.6. The number of hydrogen-bond acceptors (Lipinski definition) is 3. The van der Waals surface area contributed by atoms with Crippen molar-refractivity contribution in [3.8, 4) is 0 Å². The predicted molar refractivity (Wildman–Crippen MR) is 81.7 cm³/mol. The minimum atomic E-state index is -0.283. The number of hydrogen-bond donors (Lipinski definition) is 2. The van der Waals surface area contributed by atoms with Crippen LogP contribution in [0.25, 0.3) is 0 Å². The molecule has 0 saturated carbocycles. The van der Waals surface area contributed by atoms with Gasteiger partial charge in [-0.2, -0.15) is 12.6 Å². The fourth-order valence-electron chi connectivity index (χ4n) is 1.69. The first kappa shape index (κ1) is 14.9. The van der Waals surface area contributed by atoms with Gasteiger partial charge < -0.3 is 10.2 Å². The highest BCUT2D eigenvalue weighted by atomic mass is 32.1. The van der Waals surface area contributed by atoms with E-state index in [1.807, 2.05) is 51.0 Å². The van der Waals surface area contributed by atoms with Gasteiger partial charge in [-0.1, -0.05) is 19.9 Å². The highest BCUT2D eigenvalue weighted by Crippen LogP contribution is 2.23. The van der Waals surface area contributed by atoms with Crippen molar-refractivity contribution in [1.82, 2.24) is 0 Å². The van der Waals surface area contributed by atoms with Gasteiger partial charge in [0.1, 0.15) is 0 Å². The van der Waals surface area contributed by atoms with Gasteiger partial charge in [-0.3, -0.25) is 4.79 Å². The topological polar surface area (TPSA) is 32.3 Å². The number of thiol groups is 1. The molecule has 1 N–H and O–H groups in total. The molecule has 1 atom stereocenters. The third-order valence-electron chi connectivity index (χ3n) is 2.86. The van der Waals surface area contributed by atoms with Crippen molar-refractivity contribution in [1.29, 1.82) is 0 Å². The van der Waals surface area contributed by atoms with Crippen molar-refractivity contribution < 1.29 is 4.79 Å². The van der Waals surface area contributed by atoms with E-state index < -0.39 is 0 Å². The van der Waals surface area contributed by atoms with Gasteiger partial charge in [0.05, 0.1) is 5.25 Å². The minimum Gasteiger partial charge on any atom is -0.377 e. The quantitative estimate of drug-likeness (QED) is 0.821. The van der Waals surface area contributed by atoms with Crippen LogP contribution >= 0.6 is 12.6 Å². The second-order valence-corrected chi connectivity index (χ2v) is 5.63. The summed E-state index contributed by atoms with van der Waals surface area (Å²) in [6, 6.07) is 5.91. The molecule has 1 amide bonds. The van der Waals surface area contributed by atoms with Gasteiger partial charge >= 0.3 is 0 Å². The lowest BCUT2D eigenvalue weighted by Gasteiger charge is -2.19. The maximum absolute atomic E-state index is 11.9. The smallest absolute Gasteiger partial charge is 0.237 e. The van der Waals surface area contributed by atoms with Crippen LogP contribution in [0.5, 0.6) is 0 Å². The van der Waals surface area contributed by atoms with Gasteiger partial charge in [0.2, 0.25) is 5.91 Å². The zero-order valence-electron chi connectivity index (χ0n) is 11.7. The van der Waals surface area contributed by atoms with E-state index in [2.05, 4.69) is 24.9 Å². The Balaban J connectivity index is 2.86. The summed E-state index contributed by atoms with van der Waals surface area (Å²) in [7, 11) is 3.98. The summed E-state index contributed by atoms with van der Waals surface area (Å²) in [5, 5.41) is 2.62. The fraction of sp³-hybridized carbons (Fsp3) is 0.500. The van der Waals surface area contributed by atoms with Crippen molar-refractivity contribution in [3.05, 3.63) is 23.8 Å². The fourth-order valence-corrected chi connectivity index (χ4v) is 1.75. The third kappa shape index (κ3) is 3.67. The molecule has 0 bridgehead atoms. The lowest BCUT2D eigenvalue weighted by molar-refractivity contribution is -0.116. The van der Waals surface area contributed by atoms with Gasteiger partial charge in [-0.25, -0.2) is 0 Å². The number of carbonyl (C=O) groups excluding carboxylic acids is 1. The second-order valence-electron chi connectivity index (χ2n) is 5.07. The normalized spacial score (nSPS) is 12.4. The van der Waals surface area contributed by atoms with Gasteiger partial charge in [-0.05, 0) is 30.5 Å². The third-order valence-corrected chi connectivity index (χ3v) is 3.69. The number of nitrogens with one attached hydrogen (secondary N) is 1. The van der Waals surface area contributed by atoms with Gasteiger partial charge in [-0.15, -0.1) is 0 Å². The Morgan fingerprint density at radius 3 is 2.44 bits per heavy atom. The number of nitrogens with zero attached hydrogens (tertiary/aromatic N) is 1. The first-order valence-corrected chi connectivity index (χ1v) is 6.61. The minimum absolute atomic E-state index is 0.0538. The molecular weight excluding hydrogens is 244 g/mol. The SMILES string of the molecule is Cc1ccc(NC(=O)C(S)C(C)C)cc1N(C)C. The van der Waals surface area contributed by atoms with Crippen molar-refractivity contribution in [2.75, 3.05) is 24.3 Å². The second kappa shape index (κ2) is 6.14. The molecule has 0 aliphatic heterocycles. The van der Waals surface area contributed by atoms with Crippen LogP contribution in [-0.4, -0.2) is 25.3 Å². The summed E-state index contributed by atoms with van der Waals surface area (Å²) in [6.45, 7) is 6.02. The summed E-state index contributed by atoms with van der Waals surface area (Å²) in [6.07, 6.45) is 0. The van der Waals surface area contributed by atoms with E-state index in [0.717, 1.165) is 11.4 Å². The van der Waals surface area contributed by atoms with E-state index in [-0.39, 0.29) is 17.1 Å². The first-order chi connectivity index (χ1) is 8.32. The summed E-state index contributed by atoms with van der Waals surface area (Å²) in [5.41, 5.74) is 3.10. The molecule has 18 heavy (non-hydrogen) atoms. The van der Waals surface area contributed by atoms with Gasteiger partial charge in [0.25, 0.3) is 0 Å². The largest absolute Gasteiger partial charge is 0.377 e. The van der Waals surface area contributed by atoms with Crippen molar-refractivity contribution >= 4 is 29.9 Å². The summed E-state index contributed by atoms with van der Waals surface area (Å²) < 4.78 is 0. The van der Waals surface area contributed by atoms with Gasteiger partial charge in [0, 0.05) is 25.5 Å². The molecule has 4 heteroatoms. The molecule has 1 aromatic carbocycles. The Labute approximate surface area is 115 Å². The molecule has 100 valence electrons. The predicted octanol–water partition coefficient (Wildman–Crippen LogP) is 2.95. The Kier molecular flexibility index (Phi) is 5.08. The van der Waals surface area contributed by atoms with E-state index in [1.54, 1.807) is 0 Å². The molecule has 3 nitrogen and oxygen atoms in total. The van der Waals surface area contributed by atoms with E-state index >= 15 is 0 Å². The van der Waals surface area contributed by atoms with Crippen LogP contribution in [-0.2, 0) is 4.79 Å². The van der Waals surface area contributed by atoms with Crippen LogP contribution in [0.1, 0.15) is 19.4 Å². The molecule has 1 rings (SSSR count). The van der Waals surface area contributed by atoms with Crippen LogP contribution in [0, 0.1) is 12.8 Å². The average Bonchev–Trinajstić information content (AvgIpc) is 2.29. The van der Waals surface area contributed by atoms with E-state index in [4.69, 9.17) is 0 Å². The molecule has 1 unspecified atom stereocenters. The monoisotopic (exact) mass is 266 g/mol. The maximum atomic E-state index is 11.9. The van der Waals surface area contributed by atoms with Crippen LogP contribution in [0.2, 0.25) is 0 Å². The number of carbonyl (C=O) groups is 1. The molecule has 0 radical (unpaired) electrons. The average molecular weight is 266 g/mol. The summed E-state index contributed by atoms with van der Waals surface area (Å²) >= 11 is 4.31. The molecule has 0 saturated heterocycles. The Morgan fingerprint density at radius 2 is 1.94 bits per heavy atom. The molecule has 0 fully saturated rings. The van der Waals surface area contributed by atoms with Crippen molar-refractivity contribution in [3.63, 3.8) is 0 Å². The highest BCUT2D eigenvalue weighted by Gasteiger charge is 2.17. The van der Waals surface area contributed by atoms with Gasteiger partial charge in [0.15, 0.2) is 0 Å². The lowest BCUT2D eigenvalue weighted by atomic mass is 10.1. The number of rotatable bonds is 4. The van der Waals surface area contributed by atoms with E-state index in [0.29, 0.717) is 0 Å². The highest BCUT2D eigenvalue weighted by molar-refractivity contribution is 7.81. The molecule has 0 aromatic heterocycles. The van der Waals surface area contributed by atoms with Crippen LogP contribution in [0.4, 0.5) is 11.4 Å². The van der Waals surface area contributed by atoms with E-state index in [1.165, 1.54) is 5.56 Å². The van der Waals surface area contributed by atoms with Crippen LogP contribution in [0.15, 0.2) is 18.2 Å². The standard InChI is InChI=1S/C14H22N2OS/c1-9(2)13(18)14(17)15-11-7-6-10(3)12(8-11)16(4)5/h6-9,13,18H,1-5H3,(H,15,17). The maximum Gasteiger partial charge on any atom is 0.237 e.